The van der Waals surface area contributed by atoms with Crippen molar-refractivity contribution in [3.05, 3.63) is 42.2 Å². The highest BCUT2D eigenvalue weighted by Gasteiger charge is 2.39. The van der Waals surface area contributed by atoms with Gasteiger partial charge in [-0.3, -0.25) is 4.79 Å². The summed E-state index contributed by atoms with van der Waals surface area (Å²) in [6.07, 6.45) is 4.27. The number of furan rings is 1. The summed E-state index contributed by atoms with van der Waals surface area (Å²) in [4.78, 5) is 16.9. The number of methoxy groups -OCH3 is 1. The Bertz CT molecular complexity index is 897. The number of nitrogens with one attached hydrogen (secondary N) is 1. The average molecular weight is 357 g/mol. The van der Waals surface area contributed by atoms with Gasteiger partial charge in [-0.1, -0.05) is 5.16 Å². The summed E-state index contributed by atoms with van der Waals surface area (Å²) in [6.45, 7) is 1.06. The molecule has 0 unspecified atom stereocenters. The fourth-order valence-corrected chi connectivity index (χ4v) is 3.32. The Balaban J connectivity index is 1.54. The molecule has 0 spiro atoms. The third-order valence-electron chi connectivity index (χ3n) is 4.73. The second-order valence-corrected chi connectivity index (χ2v) is 6.30. The van der Waals surface area contributed by atoms with Crippen molar-refractivity contribution in [2.24, 2.45) is 0 Å². The highest BCUT2D eigenvalue weighted by Crippen LogP contribution is 2.30. The van der Waals surface area contributed by atoms with E-state index in [1.165, 1.54) is 6.39 Å². The standard InChI is InChI=1S/C18H19N3O5/c1-23-13-2-3-14-12(10-25-15(14)9-13)8-16(22)20-18(4-6-24-7-5-18)17-19-11-26-21-17/h2-3,9-11H,4-8H2,1H3,(H,20,22). The first-order valence-electron chi connectivity index (χ1n) is 8.40. The van der Waals surface area contributed by atoms with Gasteiger partial charge in [0, 0.05) is 43.1 Å². The zero-order valence-corrected chi connectivity index (χ0v) is 14.4. The van der Waals surface area contributed by atoms with Gasteiger partial charge in [0.25, 0.3) is 0 Å². The number of fused-ring (bicyclic) bond motifs is 1. The zero-order valence-electron chi connectivity index (χ0n) is 14.4. The maximum Gasteiger partial charge on any atom is 0.225 e. The molecule has 0 saturated carbocycles. The van der Waals surface area contributed by atoms with Gasteiger partial charge >= 0.3 is 0 Å². The number of aromatic nitrogens is 2. The highest BCUT2D eigenvalue weighted by molar-refractivity contribution is 5.88. The van der Waals surface area contributed by atoms with Crippen LogP contribution in [0.15, 0.2) is 39.8 Å². The molecule has 8 nitrogen and oxygen atoms in total. The number of carbonyl (C=O) groups excluding carboxylic acids is 1. The van der Waals surface area contributed by atoms with Gasteiger partial charge in [0.05, 0.1) is 19.8 Å². The van der Waals surface area contributed by atoms with Crippen LogP contribution in [-0.4, -0.2) is 36.4 Å². The monoisotopic (exact) mass is 357 g/mol. The highest BCUT2D eigenvalue weighted by atomic mass is 16.5. The van der Waals surface area contributed by atoms with E-state index in [-0.39, 0.29) is 12.3 Å². The van der Waals surface area contributed by atoms with Crippen molar-refractivity contribution in [3.63, 3.8) is 0 Å². The van der Waals surface area contributed by atoms with Crippen LogP contribution < -0.4 is 10.1 Å². The van der Waals surface area contributed by atoms with Crippen molar-refractivity contribution in [2.45, 2.75) is 24.8 Å². The molecule has 0 atom stereocenters. The lowest BCUT2D eigenvalue weighted by Gasteiger charge is -2.35. The van der Waals surface area contributed by atoms with Gasteiger partial charge in [-0.25, -0.2) is 0 Å². The zero-order chi connectivity index (χ0) is 18.0. The van der Waals surface area contributed by atoms with Crippen LogP contribution in [0, 0.1) is 0 Å². The van der Waals surface area contributed by atoms with E-state index in [1.54, 1.807) is 19.4 Å². The van der Waals surface area contributed by atoms with E-state index in [9.17, 15) is 4.79 Å². The van der Waals surface area contributed by atoms with Crippen LogP contribution in [0.5, 0.6) is 5.75 Å². The van der Waals surface area contributed by atoms with Crippen LogP contribution >= 0.6 is 0 Å². The number of rotatable bonds is 5. The van der Waals surface area contributed by atoms with E-state index >= 15 is 0 Å². The van der Waals surface area contributed by atoms with Crippen molar-refractivity contribution in [1.82, 2.24) is 15.5 Å². The first kappa shape index (κ1) is 16.6. The molecule has 26 heavy (non-hydrogen) atoms. The lowest BCUT2D eigenvalue weighted by atomic mass is 9.88. The van der Waals surface area contributed by atoms with Crippen LogP contribution in [0.1, 0.15) is 24.2 Å². The van der Waals surface area contributed by atoms with Gasteiger partial charge < -0.3 is 23.7 Å². The summed E-state index contributed by atoms with van der Waals surface area (Å²) in [5.74, 6) is 1.06. The van der Waals surface area contributed by atoms with Crippen LogP contribution in [0.2, 0.25) is 0 Å². The SMILES string of the molecule is COc1ccc2c(CC(=O)NC3(c4ncon4)CCOCC3)coc2c1. The first-order valence-corrected chi connectivity index (χ1v) is 8.40. The molecule has 0 aliphatic carbocycles. The van der Waals surface area contributed by atoms with Gasteiger partial charge in [0.2, 0.25) is 12.3 Å². The predicted molar refractivity (Wildman–Crippen MR) is 90.6 cm³/mol. The van der Waals surface area contributed by atoms with Crippen LogP contribution in [0.4, 0.5) is 0 Å². The molecule has 3 heterocycles. The fourth-order valence-electron chi connectivity index (χ4n) is 3.32. The summed E-state index contributed by atoms with van der Waals surface area (Å²) in [6, 6.07) is 5.54. The van der Waals surface area contributed by atoms with E-state index in [2.05, 4.69) is 15.5 Å². The molecule has 8 heteroatoms. The van der Waals surface area contributed by atoms with E-state index in [1.807, 2.05) is 12.1 Å². The van der Waals surface area contributed by atoms with Gasteiger partial charge in [0.1, 0.15) is 16.9 Å². The molecule has 3 aromatic rings. The summed E-state index contributed by atoms with van der Waals surface area (Å²) < 4.78 is 21.1. The molecule has 1 aromatic carbocycles. The Kier molecular flexibility index (Phi) is 4.34. The molecule has 136 valence electrons. The minimum Gasteiger partial charge on any atom is -0.497 e. The molecular weight excluding hydrogens is 338 g/mol. The number of hydrogen-bond donors (Lipinski definition) is 1. The van der Waals surface area contributed by atoms with E-state index in [0.29, 0.717) is 43.2 Å². The lowest BCUT2D eigenvalue weighted by Crippen LogP contribution is -2.50. The number of benzene rings is 1. The third-order valence-corrected chi connectivity index (χ3v) is 4.73. The van der Waals surface area contributed by atoms with Gasteiger partial charge in [-0.15, -0.1) is 0 Å². The number of carbonyl (C=O) groups is 1. The Morgan fingerprint density at radius 3 is 2.92 bits per heavy atom. The Hall–Kier alpha value is -2.87. The van der Waals surface area contributed by atoms with Gasteiger partial charge in [-0.05, 0) is 12.1 Å². The normalized spacial score (nSPS) is 16.5. The summed E-state index contributed by atoms with van der Waals surface area (Å²) in [5.41, 5.74) is 0.840. The Labute approximate surface area is 149 Å². The second-order valence-electron chi connectivity index (χ2n) is 6.30. The average Bonchev–Trinajstić information content (AvgIpc) is 3.33. The molecule has 0 bridgehead atoms. The summed E-state index contributed by atoms with van der Waals surface area (Å²) >= 11 is 0. The molecule has 4 rings (SSSR count). The summed E-state index contributed by atoms with van der Waals surface area (Å²) in [5, 5.41) is 7.92. The lowest BCUT2D eigenvalue weighted by molar-refractivity contribution is -0.124. The number of amides is 1. The topological polar surface area (TPSA) is 99.6 Å². The van der Waals surface area contributed by atoms with E-state index in [4.69, 9.17) is 18.4 Å². The maximum atomic E-state index is 12.7. The quantitative estimate of drug-likeness (QED) is 0.747. The Morgan fingerprint density at radius 1 is 1.35 bits per heavy atom. The molecule has 0 radical (unpaired) electrons. The minimum absolute atomic E-state index is 0.129. The predicted octanol–water partition coefficient (Wildman–Crippen LogP) is 2.19. The van der Waals surface area contributed by atoms with E-state index < -0.39 is 5.54 Å². The minimum atomic E-state index is -0.662. The number of ether oxygens (including phenoxy) is 2. The van der Waals surface area contributed by atoms with Gasteiger partial charge in [0.15, 0.2) is 5.82 Å². The van der Waals surface area contributed by atoms with Crippen molar-refractivity contribution in [2.75, 3.05) is 20.3 Å². The summed E-state index contributed by atoms with van der Waals surface area (Å²) in [7, 11) is 1.60. The maximum absolute atomic E-state index is 12.7. The first-order chi connectivity index (χ1) is 12.7. The smallest absolute Gasteiger partial charge is 0.225 e. The molecule has 1 aliphatic rings. The van der Waals surface area contributed by atoms with Crippen LogP contribution in [0.25, 0.3) is 11.0 Å². The molecule has 1 amide bonds. The van der Waals surface area contributed by atoms with E-state index in [0.717, 1.165) is 10.9 Å². The molecule has 2 aromatic heterocycles. The van der Waals surface area contributed by atoms with Crippen molar-refractivity contribution < 1.29 is 23.2 Å². The third kappa shape index (κ3) is 3.03. The largest absolute Gasteiger partial charge is 0.497 e. The van der Waals surface area contributed by atoms with Crippen molar-refractivity contribution >= 4 is 16.9 Å². The fraction of sp³-hybridized carbons (Fsp3) is 0.389. The van der Waals surface area contributed by atoms with Crippen LogP contribution in [0.3, 0.4) is 0 Å². The number of nitrogens with zero attached hydrogens (tertiary/aromatic N) is 2. The second kappa shape index (κ2) is 6.80. The van der Waals surface area contributed by atoms with Crippen LogP contribution in [-0.2, 0) is 21.5 Å². The molecular formula is C18H19N3O5. The van der Waals surface area contributed by atoms with Gasteiger partial charge in [-0.2, -0.15) is 4.98 Å². The Morgan fingerprint density at radius 2 is 2.19 bits per heavy atom. The van der Waals surface area contributed by atoms with Crippen molar-refractivity contribution in [3.8, 4) is 5.75 Å². The number of hydrogen-bond acceptors (Lipinski definition) is 7. The van der Waals surface area contributed by atoms with Crippen molar-refractivity contribution in [1.29, 1.82) is 0 Å². The molecule has 1 N–H and O–H groups in total. The molecule has 1 aliphatic heterocycles. The molecule has 1 saturated heterocycles. The molecule has 1 fully saturated rings.